The molecule has 0 saturated carbocycles. The van der Waals surface area contributed by atoms with Gasteiger partial charge in [-0.25, -0.2) is 8.42 Å². The number of rotatable bonds is 10. The molecule has 2 rings (SSSR count). The van der Waals surface area contributed by atoms with Gasteiger partial charge in [0.2, 0.25) is 21.8 Å². The molecular weight excluding hydrogens is 450 g/mol. The van der Waals surface area contributed by atoms with Crippen LogP contribution in [0.15, 0.2) is 48.5 Å². The lowest BCUT2D eigenvalue weighted by Crippen LogP contribution is -2.51. The van der Waals surface area contributed by atoms with Crippen LogP contribution in [0.25, 0.3) is 0 Å². The normalized spacial score (nSPS) is 12.2. The van der Waals surface area contributed by atoms with Gasteiger partial charge in [0.1, 0.15) is 12.6 Å². The van der Waals surface area contributed by atoms with Gasteiger partial charge < -0.3 is 10.2 Å². The summed E-state index contributed by atoms with van der Waals surface area (Å²) in [6.07, 6.45) is 1.82. The Balaban J connectivity index is 2.35. The van der Waals surface area contributed by atoms with Crippen LogP contribution in [0.1, 0.15) is 31.4 Å². The number of benzene rings is 2. The van der Waals surface area contributed by atoms with Crippen LogP contribution >= 0.6 is 11.6 Å². The van der Waals surface area contributed by atoms with E-state index in [4.69, 9.17) is 11.6 Å². The van der Waals surface area contributed by atoms with Gasteiger partial charge in [-0.3, -0.25) is 13.9 Å². The van der Waals surface area contributed by atoms with Crippen molar-refractivity contribution in [2.24, 2.45) is 0 Å². The molecule has 0 saturated heterocycles. The number of hydrogen-bond donors (Lipinski definition) is 1. The molecule has 1 atom stereocenters. The highest BCUT2D eigenvalue weighted by molar-refractivity contribution is 7.92. The molecule has 7 nitrogen and oxygen atoms in total. The molecule has 0 aliphatic carbocycles. The fourth-order valence-electron chi connectivity index (χ4n) is 3.16. The molecule has 0 spiro atoms. The molecule has 2 amide bonds. The first-order chi connectivity index (χ1) is 15.0. The molecular formula is C23H30ClN3O4S. The number of nitrogens with zero attached hydrogens (tertiary/aromatic N) is 2. The molecule has 0 aliphatic rings. The zero-order valence-electron chi connectivity index (χ0n) is 18.8. The third kappa shape index (κ3) is 7.24. The maximum atomic E-state index is 13.4. The van der Waals surface area contributed by atoms with Gasteiger partial charge in [-0.2, -0.15) is 0 Å². The van der Waals surface area contributed by atoms with E-state index in [1.54, 1.807) is 49.4 Å². The standard InChI is InChI=1S/C23H30ClN3O4S/c1-5-13-25-23(29)18(3)26(15-19-9-11-20(24)12-10-19)22(28)16-27(32(4,30)31)21-8-6-7-17(2)14-21/h6-12,14,18H,5,13,15-16H2,1-4H3,(H,25,29)/t18-/m1/s1. The van der Waals surface area contributed by atoms with Crippen LogP contribution in [-0.2, 0) is 26.2 Å². The van der Waals surface area contributed by atoms with Crippen LogP contribution in [0.5, 0.6) is 0 Å². The van der Waals surface area contributed by atoms with Gasteiger partial charge in [-0.15, -0.1) is 0 Å². The van der Waals surface area contributed by atoms with Gasteiger partial charge in [-0.05, 0) is 55.7 Å². The van der Waals surface area contributed by atoms with E-state index < -0.39 is 28.5 Å². The summed E-state index contributed by atoms with van der Waals surface area (Å²) in [5, 5.41) is 3.36. The van der Waals surface area contributed by atoms with Crippen molar-refractivity contribution in [2.45, 2.75) is 39.8 Å². The lowest BCUT2D eigenvalue weighted by molar-refractivity contribution is -0.139. The predicted molar refractivity (Wildman–Crippen MR) is 128 cm³/mol. The van der Waals surface area contributed by atoms with Gasteiger partial charge in [0.25, 0.3) is 0 Å². The molecule has 0 heterocycles. The van der Waals surface area contributed by atoms with Crippen molar-refractivity contribution in [1.82, 2.24) is 10.2 Å². The summed E-state index contributed by atoms with van der Waals surface area (Å²) in [6, 6.07) is 13.1. The quantitative estimate of drug-likeness (QED) is 0.566. The summed E-state index contributed by atoms with van der Waals surface area (Å²) < 4.78 is 26.1. The van der Waals surface area contributed by atoms with Gasteiger partial charge in [0.05, 0.1) is 11.9 Å². The zero-order valence-corrected chi connectivity index (χ0v) is 20.4. The van der Waals surface area contributed by atoms with E-state index in [1.165, 1.54) is 4.90 Å². The molecule has 32 heavy (non-hydrogen) atoms. The predicted octanol–water partition coefficient (Wildman–Crippen LogP) is 3.36. The number of carbonyl (C=O) groups is 2. The molecule has 0 radical (unpaired) electrons. The second kappa shape index (κ2) is 11.3. The Kier molecular flexibility index (Phi) is 9.09. The number of aryl methyl sites for hydroxylation is 1. The Morgan fingerprint density at radius 2 is 1.78 bits per heavy atom. The van der Waals surface area contributed by atoms with Gasteiger partial charge in [0.15, 0.2) is 0 Å². The molecule has 0 fully saturated rings. The average molecular weight is 480 g/mol. The minimum absolute atomic E-state index is 0.141. The largest absolute Gasteiger partial charge is 0.354 e. The third-order valence-electron chi connectivity index (χ3n) is 4.95. The summed E-state index contributed by atoms with van der Waals surface area (Å²) in [5.41, 5.74) is 2.05. The van der Waals surface area contributed by atoms with Crippen LogP contribution in [0.2, 0.25) is 5.02 Å². The van der Waals surface area contributed by atoms with Crippen LogP contribution in [-0.4, -0.2) is 50.5 Å². The van der Waals surface area contributed by atoms with Crippen molar-refractivity contribution >= 4 is 39.1 Å². The number of anilines is 1. The van der Waals surface area contributed by atoms with Gasteiger partial charge in [-0.1, -0.05) is 42.8 Å². The molecule has 2 aromatic carbocycles. The van der Waals surface area contributed by atoms with E-state index >= 15 is 0 Å². The Bertz CT molecular complexity index is 1040. The SMILES string of the molecule is CCCNC(=O)[C@@H](C)N(Cc1ccc(Cl)cc1)C(=O)CN(c1cccc(C)c1)S(C)(=O)=O. The highest BCUT2D eigenvalue weighted by atomic mass is 35.5. The lowest BCUT2D eigenvalue weighted by atomic mass is 10.1. The van der Waals surface area contributed by atoms with Crippen molar-refractivity contribution in [2.75, 3.05) is 23.7 Å². The Hall–Kier alpha value is -2.58. The monoisotopic (exact) mass is 479 g/mol. The third-order valence-corrected chi connectivity index (χ3v) is 6.34. The van der Waals surface area contributed by atoms with E-state index in [2.05, 4.69) is 5.32 Å². The number of amides is 2. The Morgan fingerprint density at radius 3 is 2.34 bits per heavy atom. The molecule has 0 aromatic heterocycles. The smallest absolute Gasteiger partial charge is 0.244 e. The number of sulfonamides is 1. The number of nitrogens with one attached hydrogen (secondary N) is 1. The molecule has 2 aromatic rings. The Morgan fingerprint density at radius 1 is 1.12 bits per heavy atom. The number of hydrogen-bond acceptors (Lipinski definition) is 4. The maximum Gasteiger partial charge on any atom is 0.244 e. The molecule has 0 bridgehead atoms. The molecule has 0 aliphatic heterocycles. The number of carbonyl (C=O) groups excluding carboxylic acids is 2. The van der Waals surface area contributed by atoms with Crippen LogP contribution in [0.3, 0.4) is 0 Å². The fourth-order valence-corrected chi connectivity index (χ4v) is 4.13. The highest BCUT2D eigenvalue weighted by Gasteiger charge is 2.30. The summed E-state index contributed by atoms with van der Waals surface area (Å²) in [5.74, 6) is -0.776. The van der Waals surface area contributed by atoms with E-state index in [0.717, 1.165) is 28.1 Å². The first-order valence-corrected chi connectivity index (χ1v) is 12.6. The highest BCUT2D eigenvalue weighted by Crippen LogP contribution is 2.20. The van der Waals surface area contributed by atoms with Crippen molar-refractivity contribution in [3.8, 4) is 0 Å². The van der Waals surface area contributed by atoms with E-state index in [1.807, 2.05) is 19.9 Å². The minimum Gasteiger partial charge on any atom is -0.354 e. The molecule has 174 valence electrons. The summed E-state index contributed by atoms with van der Waals surface area (Å²) in [6.45, 7) is 5.64. The Labute approximate surface area is 195 Å². The minimum atomic E-state index is -3.73. The van der Waals surface area contributed by atoms with E-state index in [-0.39, 0.29) is 12.5 Å². The second-order valence-corrected chi connectivity index (χ2v) is 10.1. The molecule has 9 heteroatoms. The van der Waals surface area contributed by atoms with Crippen molar-refractivity contribution in [3.63, 3.8) is 0 Å². The molecule has 0 unspecified atom stereocenters. The first-order valence-electron chi connectivity index (χ1n) is 10.4. The average Bonchev–Trinajstić information content (AvgIpc) is 2.73. The lowest BCUT2D eigenvalue weighted by Gasteiger charge is -2.31. The van der Waals surface area contributed by atoms with Crippen molar-refractivity contribution in [1.29, 1.82) is 0 Å². The topological polar surface area (TPSA) is 86.8 Å². The second-order valence-electron chi connectivity index (χ2n) is 7.72. The van der Waals surface area contributed by atoms with Crippen LogP contribution in [0.4, 0.5) is 5.69 Å². The molecule has 1 N–H and O–H groups in total. The maximum absolute atomic E-state index is 13.4. The summed E-state index contributed by atoms with van der Waals surface area (Å²) in [4.78, 5) is 27.4. The van der Waals surface area contributed by atoms with Crippen molar-refractivity contribution in [3.05, 3.63) is 64.7 Å². The summed E-state index contributed by atoms with van der Waals surface area (Å²) in [7, 11) is -3.73. The number of halogens is 1. The van der Waals surface area contributed by atoms with Crippen LogP contribution < -0.4 is 9.62 Å². The van der Waals surface area contributed by atoms with E-state index in [9.17, 15) is 18.0 Å². The van der Waals surface area contributed by atoms with Gasteiger partial charge >= 0.3 is 0 Å². The fraction of sp³-hybridized carbons (Fsp3) is 0.391. The summed E-state index contributed by atoms with van der Waals surface area (Å²) >= 11 is 5.96. The van der Waals surface area contributed by atoms with E-state index in [0.29, 0.717) is 17.3 Å². The van der Waals surface area contributed by atoms with Gasteiger partial charge in [0, 0.05) is 18.1 Å². The zero-order chi connectivity index (χ0) is 23.9. The van der Waals surface area contributed by atoms with Crippen LogP contribution in [0, 0.1) is 6.92 Å². The van der Waals surface area contributed by atoms with Crippen molar-refractivity contribution < 1.29 is 18.0 Å². The first kappa shape index (κ1) is 25.7.